The first kappa shape index (κ1) is 14.1. The number of rotatable bonds is 4. The lowest BCUT2D eigenvalue weighted by atomic mass is 9.99. The van der Waals surface area contributed by atoms with Crippen molar-refractivity contribution in [2.24, 2.45) is 0 Å². The lowest BCUT2D eigenvalue weighted by Gasteiger charge is -2.22. The number of nitrogens with zero attached hydrogens (tertiary/aromatic N) is 1. The summed E-state index contributed by atoms with van der Waals surface area (Å²) in [5.74, 6) is 1.34. The lowest BCUT2D eigenvalue weighted by molar-refractivity contribution is 0.0106. The predicted molar refractivity (Wildman–Crippen MR) is 83.0 cm³/mol. The van der Waals surface area contributed by atoms with Gasteiger partial charge in [-0.1, -0.05) is 35.0 Å². The Hall–Kier alpha value is -1.81. The fourth-order valence-corrected chi connectivity index (χ4v) is 2.87. The highest BCUT2D eigenvalue weighted by Gasteiger charge is 2.19. The molecule has 1 aromatic carbocycles. The number of anilines is 1. The number of ether oxygens (including phenoxy) is 1. The molecule has 0 saturated carbocycles. The Balaban J connectivity index is 1.75. The monoisotopic (exact) mass is 286 g/mol. The number of hydrogen-bond acceptors (Lipinski definition) is 4. The minimum Gasteiger partial charge on any atom is -0.380 e. The van der Waals surface area contributed by atoms with Crippen molar-refractivity contribution in [2.45, 2.75) is 45.1 Å². The van der Waals surface area contributed by atoms with Crippen molar-refractivity contribution in [3.63, 3.8) is 0 Å². The first-order chi connectivity index (χ1) is 10.2. The van der Waals surface area contributed by atoms with Gasteiger partial charge in [0.2, 0.25) is 0 Å². The van der Waals surface area contributed by atoms with Crippen molar-refractivity contribution >= 4 is 5.82 Å². The summed E-state index contributed by atoms with van der Waals surface area (Å²) in [6, 6.07) is 8.29. The van der Waals surface area contributed by atoms with E-state index in [9.17, 15) is 0 Å². The second-order valence-corrected chi connectivity index (χ2v) is 5.76. The van der Waals surface area contributed by atoms with Gasteiger partial charge in [0.05, 0.1) is 11.7 Å². The molecule has 3 rings (SSSR count). The van der Waals surface area contributed by atoms with Crippen LogP contribution >= 0.6 is 0 Å². The lowest BCUT2D eigenvalue weighted by Crippen LogP contribution is -2.19. The highest BCUT2D eigenvalue weighted by Crippen LogP contribution is 2.31. The average molecular weight is 286 g/mol. The number of benzene rings is 1. The summed E-state index contributed by atoms with van der Waals surface area (Å²) in [7, 11) is 0. The molecular formula is C17H22N2O2. The molecule has 1 atom stereocenters. The molecule has 1 unspecified atom stereocenters. The summed E-state index contributed by atoms with van der Waals surface area (Å²) in [6.07, 6.45) is 5.71. The summed E-state index contributed by atoms with van der Waals surface area (Å²) in [5.41, 5.74) is 9.22. The molecule has 1 aliphatic heterocycles. The molecule has 0 aliphatic carbocycles. The van der Waals surface area contributed by atoms with Gasteiger partial charge >= 0.3 is 0 Å². The van der Waals surface area contributed by atoms with Crippen LogP contribution in [-0.2, 0) is 11.2 Å². The van der Waals surface area contributed by atoms with Crippen LogP contribution in [0, 0.1) is 6.92 Å². The zero-order valence-corrected chi connectivity index (χ0v) is 12.5. The van der Waals surface area contributed by atoms with Crippen molar-refractivity contribution < 1.29 is 9.26 Å². The summed E-state index contributed by atoms with van der Waals surface area (Å²) in [4.78, 5) is 0. The van der Waals surface area contributed by atoms with E-state index in [1.807, 2.05) is 0 Å². The molecule has 2 heterocycles. The minimum absolute atomic E-state index is 0.343. The molecule has 2 N–H and O–H groups in total. The van der Waals surface area contributed by atoms with Gasteiger partial charge in [-0.25, -0.2) is 0 Å². The van der Waals surface area contributed by atoms with Crippen LogP contribution in [0.3, 0.4) is 0 Å². The summed E-state index contributed by atoms with van der Waals surface area (Å²) in [5, 5.41) is 3.94. The van der Waals surface area contributed by atoms with E-state index in [1.165, 1.54) is 18.4 Å². The molecule has 0 amide bonds. The van der Waals surface area contributed by atoms with Gasteiger partial charge < -0.3 is 15.0 Å². The maximum atomic E-state index is 5.98. The van der Waals surface area contributed by atoms with Crippen LogP contribution in [-0.4, -0.2) is 17.9 Å². The van der Waals surface area contributed by atoms with Gasteiger partial charge in [0.25, 0.3) is 0 Å². The molecule has 0 bridgehead atoms. The summed E-state index contributed by atoms with van der Waals surface area (Å²) < 4.78 is 11.2. The van der Waals surface area contributed by atoms with Crippen LogP contribution in [0.1, 0.15) is 37.0 Å². The maximum absolute atomic E-state index is 5.98. The number of hydrogen-bond donors (Lipinski definition) is 1. The van der Waals surface area contributed by atoms with Gasteiger partial charge in [-0.15, -0.1) is 0 Å². The van der Waals surface area contributed by atoms with E-state index in [0.29, 0.717) is 11.9 Å². The SMILES string of the molecule is Cc1ccc(-c2c(N)noc2CCC2CCCCO2)cc1. The molecule has 21 heavy (non-hydrogen) atoms. The highest BCUT2D eigenvalue weighted by molar-refractivity contribution is 5.75. The Morgan fingerprint density at radius 3 is 2.76 bits per heavy atom. The third kappa shape index (κ3) is 3.27. The molecule has 1 aliphatic rings. The molecule has 0 spiro atoms. The maximum Gasteiger partial charge on any atom is 0.175 e. The number of nitrogens with two attached hydrogens (primary N) is 1. The smallest absolute Gasteiger partial charge is 0.175 e. The van der Waals surface area contributed by atoms with Gasteiger partial charge in [-0.05, 0) is 38.2 Å². The van der Waals surface area contributed by atoms with Crippen molar-refractivity contribution in [3.05, 3.63) is 35.6 Å². The van der Waals surface area contributed by atoms with E-state index < -0.39 is 0 Å². The van der Waals surface area contributed by atoms with E-state index in [2.05, 4.69) is 36.3 Å². The average Bonchev–Trinajstić information content (AvgIpc) is 2.88. The molecule has 4 nitrogen and oxygen atoms in total. The topological polar surface area (TPSA) is 61.3 Å². The van der Waals surface area contributed by atoms with Crippen molar-refractivity contribution in [1.29, 1.82) is 0 Å². The van der Waals surface area contributed by atoms with Gasteiger partial charge in [-0.2, -0.15) is 0 Å². The molecular weight excluding hydrogens is 264 g/mol. The van der Waals surface area contributed by atoms with Crippen LogP contribution in [0.2, 0.25) is 0 Å². The van der Waals surface area contributed by atoms with Gasteiger partial charge in [0.15, 0.2) is 5.82 Å². The van der Waals surface area contributed by atoms with E-state index >= 15 is 0 Å². The van der Waals surface area contributed by atoms with Crippen LogP contribution in [0.15, 0.2) is 28.8 Å². The molecule has 1 fully saturated rings. The first-order valence-electron chi connectivity index (χ1n) is 7.66. The van der Waals surface area contributed by atoms with E-state index in [1.54, 1.807) is 0 Å². The minimum atomic E-state index is 0.343. The Bertz CT molecular complexity index is 583. The van der Waals surface area contributed by atoms with E-state index in [4.69, 9.17) is 15.0 Å². The normalized spacial score (nSPS) is 18.8. The van der Waals surface area contributed by atoms with Crippen molar-refractivity contribution in [2.75, 3.05) is 12.3 Å². The van der Waals surface area contributed by atoms with Crippen LogP contribution in [0.5, 0.6) is 0 Å². The molecule has 0 radical (unpaired) electrons. The van der Waals surface area contributed by atoms with E-state index in [-0.39, 0.29) is 0 Å². The standard InChI is InChI=1S/C17H22N2O2/c1-12-5-7-13(8-6-12)16-15(21-19-17(16)18)10-9-14-4-2-3-11-20-14/h5-8,14H,2-4,9-11H2,1H3,(H2,18,19). The highest BCUT2D eigenvalue weighted by atomic mass is 16.5. The molecule has 1 aromatic heterocycles. The quantitative estimate of drug-likeness (QED) is 0.930. The Morgan fingerprint density at radius 2 is 2.05 bits per heavy atom. The van der Waals surface area contributed by atoms with Crippen molar-refractivity contribution in [3.8, 4) is 11.1 Å². The molecule has 2 aromatic rings. The second-order valence-electron chi connectivity index (χ2n) is 5.76. The second kappa shape index (κ2) is 6.31. The predicted octanol–water partition coefficient (Wildman–Crippen LogP) is 3.73. The summed E-state index contributed by atoms with van der Waals surface area (Å²) in [6.45, 7) is 2.95. The largest absolute Gasteiger partial charge is 0.380 e. The number of aryl methyl sites for hydroxylation is 2. The third-order valence-electron chi connectivity index (χ3n) is 4.10. The number of nitrogen functional groups attached to an aromatic ring is 1. The van der Waals surface area contributed by atoms with Gasteiger partial charge in [0, 0.05) is 13.0 Å². The number of aromatic nitrogens is 1. The molecule has 112 valence electrons. The zero-order valence-electron chi connectivity index (χ0n) is 12.5. The summed E-state index contributed by atoms with van der Waals surface area (Å²) >= 11 is 0. The third-order valence-corrected chi connectivity index (χ3v) is 4.10. The van der Waals surface area contributed by atoms with Gasteiger partial charge in [-0.3, -0.25) is 0 Å². The van der Waals surface area contributed by atoms with Crippen LogP contribution < -0.4 is 5.73 Å². The Kier molecular flexibility index (Phi) is 4.25. The van der Waals surface area contributed by atoms with Crippen LogP contribution in [0.25, 0.3) is 11.1 Å². The van der Waals surface area contributed by atoms with E-state index in [0.717, 1.165) is 42.8 Å². The zero-order chi connectivity index (χ0) is 14.7. The van der Waals surface area contributed by atoms with Crippen molar-refractivity contribution in [1.82, 2.24) is 5.16 Å². The fourth-order valence-electron chi connectivity index (χ4n) is 2.87. The Morgan fingerprint density at radius 1 is 1.24 bits per heavy atom. The first-order valence-corrected chi connectivity index (χ1v) is 7.66. The molecule has 4 heteroatoms. The fraction of sp³-hybridized carbons (Fsp3) is 0.471. The molecule has 1 saturated heterocycles. The van der Waals surface area contributed by atoms with Crippen LogP contribution in [0.4, 0.5) is 5.82 Å². The Labute approximate surface area is 125 Å². The van der Waals surface area contributed by atoms with Gasteiger partial charge in [0.1, 0.15) is 5.76 Å².